The number of hydrogen-bond acceptors (Lipinski definition) is 4. The predicted molar refractivity (Wildman–Crippen MR) is 105 cm³/mol. The van der Waals surface area contributed by atoms with Gasteiger partial charge in [0.15, 0.2) is 0 Å². The van der Waals surface area contributed by atoms with Crippen LogP contribution in [0.15, 0.2) is 53.4 Å². The average molecular weight is 387 g/mol. The van der Waals surface area contributed by atoms with Crippen LogP contribution in [0.2, 0.25) is 0 Å². The van der Waals surface area contributed by atoms with Gasteiger partial charge in [-0.05, 0) is 37.5 Å². The molecule has 27 heavy (non-hydrogen) atoms. The van der Waals surface area contributed by atoms with E-state index in [1.807, 2.05) is 6.07 Å². The first-order valence-electron chi connectivity index (χ1n) is 9.47. The zero-order chi connectivity index (χ0) is 19.0. The number of ether oxygens (including phenoxy) is 1. The molecule has 0 unspecified atom stereocenters. The molecule has 0 amide bonds. The third-order valence-corrected chi connectivity index (χ3v) is 7.56. The summed E-state index contributed by atoms with van der Waals surface area (Å²) in [4.78, 5) is 2.68. The van der Waals surface area contributed by atoms with Crippen molar-refractivity contribution in [2.24, 2.45) is 0 Å². The molecule has 1 fully saturated rings. The number of benzene rings is 2. The van der Waals surface area contributed by atoms with Crippen LogP contribution >= 0.6 is 0 Å². The number of likely N-dealkylation sites (tertiary alicyclic amines) is 1. The van der Waals surface area contributed by atoms with Gasteiger partial charge in [-0.3, -0.25) is 4.90 Å². The van der Waals surface area contributed by atoms with Crippen LogP contribution in [0.1, 0.15) is 24.0 Å². The summed E-state index contributed by atoms with van der Waals surface area (Å²) < 4.78 is 33.8. The molecule has 2 aliphatic rings. The zero-order valence-corrected chi connectivity index (χ0v) is 16.7. The first-order chi connectivity index (χ1) is 12.9. The number of fused-ring (bicyclic) bond motifs is 2. The second-order valence-electron chi connectivity index (χ2n) is 7.53. The molecule has 0 bridgehead atoms. The van der Waals surface area contributed by atoms with Crippen molar-refractivity contribution in [1.82, 2.24) is 9.21 Å². The number of para-hydroxylation sites is 1. The fourth-order valence-corrected chi connectivity index (χ4v) is 5.68. The summed E-state index contributed by atoms with van der Waals surface area (Å²) in [5.41, 5.74) is 2.56. The number of rotatable bonds is 2. The number of likely N-dealkylation sites (N-methyl/N-ethyl adjacent to an activating group) is 1. The van der Waals surface area contributed by atoms with Crippen molar-refractivity contribution in [1.29, 1.82) is 0 Å². The lowest BCUT2D eigenvalue weighted by Crippen LogP contribution is -2.44. The lowest BCUT2D eigenvalue weighted by Gasteiger charge is -2.28. The van der Waals surface area contributed by atoms with Crippen molar-refractivity contribution in [2.75, 3.05) is 20.1 Å². The number of aryl methyl sites for hydroxylation is 1. The molecule has 2 aromatic carbocycles. The van der Waals surface area contributed by atoms with E-state index in [4.69, 9.17) is 4.74 Å². The van der Waals surface area contributed by atoms with E-state index in [0.717, 1.165) is 32.5 Å². The van der Waals surface area contributed by atoms with E-state index in [9.17, 15) is 8.42 Å². The average Bonchev–Trinajstić information content (AvgIpc) is 2.87. The van der Waals surface area contributed by atoms with Gasteiger partial charge in [0.25, 0.3) is 0 Å². The molecule has 1 saturated heterocycles. The fourth-order valence-electron chi connectivity index (χ4n) is 4.15. The van der Waals surface area contributed by atoms with Gasteiger partial charge in [0.2, 0.25) is 10.0 Å². The fraction of sp³-hybridized carbons (Fsp3) is 0.429. The zero-order valence-electron chi connectivity index (χ0n) is 15.8. The van der Waals surface area contributed by atoms with Gasteiger partial charge < -0.3 is 4.74 Å². The molecule has 6 heteroatoms. The number of hydrogen-bond donors (Lipinski definition) is 0. The molecule has 0 aromatic heterocycles. The van der Waals surface area contributed by atoms with Crippen LogP contribution in [-0.2, 0) is 16.6 Å². The van der Waals surface area contributed by atoms with Crippen LogP contribution in [0.5, 0.6) is 5.75 Å². The van der Waals surface area contributed by atoms with Crippen LogP contribution in [0.25, 0.3) is 0 Å². The Kier molecular flexibility index (Phi) is 4.97. The second kappa shape index (κ2) is 7.26. The number of nitrogens with zero attached hydrogens (tertiary/aromatic N) is 2. The second-order valence-corrected chi connectivity index (χ2v) is 9.50. The molecule has 0 radical (unpaired) electrons. The van der Waals surface area contributed by atoms with E-state index in [2.05, 4.69) is 36.1 Å². The third-order valence-electron chi connectivity index (χ3n) is 5.64. The minimum Gasteiger partial charge on any atom is -0.487 e. The van der Waals surface area contributed by atoms with Gasteiger partial charge in [-0.25, -0.2) is 8.42 Å². The van der Waals surface area contributed by atoms with Gasteiger partial charge in [0, 0.05) is 26.7 Å². The molecule has 2 heterocycles. The van der Waals surface area contributed by atoms with Crippen LogP contribution in [0.3, 0.4) is 0 Å². The molecule has 144 valence electrons. The highest BCUT2D eigenvalue weighted by atomic mass is 32.2. The lowest BCUT2D eigenvalue weighted by atomic mass is 10.1. The normalized spacial score (nSPS) is 25.6. The van der Waals surface area contributed by atoms with Crippen LogP contribution < -0.4 is 4.74 Å². The molecule has 4 rings (SSSR count). The summed E-state index contributed by atoms with van der Waals surface area (Å²) in [6.07, 6.45) is 1.45. The minimum absolute atomic E-state index is 0.129. The Bertz CT molecular complexity index is 929. The summed E-state index contributed by atoms with van der Waals surface area (Å²) in [5.74, 6) is 0.476. The van der Waals surface area contributed by atoms with Crippen molar-refractivity contribution in [2.45, 2.75) is 43.4 Å². The molecule has 0 N–H and O–H groups in total. The molecule has 2 atom stereocenters. The molecule has 2 aromatic rings. The smallest absolute Gasteiger partial charge is 0.246 e. The Morgan fingerprint density at radius 1 is 1.07 bits per heavy atom. The highest BCUT2D eigenvalue weighted by molar-refractivity contribution is 7.89. The van der Waals surface area contributed by atoms with Crippen molar-refractivity contribution in [3.05, 3.63) is 59.7 Å². The molecular weight excluding hydrogens is 360 g/mol. The van der Waals surface area contributed by atoms with Crippen LogP contribution in [-0.4, -0.2) is 49.9 Å². The molecular formula is C21H26N2O3S. The SMILES string of the molecule is Cc1cccc(CN2CC[C@@H]3[C@@H](CC2)Oc2ccccc2S(=O)(=O)N3C)c1. The summed E-state index contributed by atoms with van der Waals surface area (Å²) in [6, 6.07) is 15.4. The van der Waals surface area contributed by atoms with Crippen molar-refractivity contribution in [3.8, 4) is 5.75 Å². The maximum Gasteiger partial charge on any atom is 0.246 e. The van der Waals surface area contributed by atoms with Gasteiger partial charge in [0.05, 0.1) is 6.04 Å². The monoisotopic (exact) mass is 386 g/mol. The van der Waals surface area contributed by atoms with E-state index in [1.165, 1.54) is 15.4 Å². The van der Waals surface area contributed by atoms with Gasteiger partial charge in [-0.1, -0.05) is 42.0 Å². The Balaban J connectivity index is 1.57. The van der Waals surface area contributed by atoms with E-state index in [-0.39, 0.29) is 17.0 Å². The predicted octanol–water partition coefficient (Wildman–Crippen LogP) is 3.04. The number of sulfonamides is 1. The summed E-state index contributed by atoms with van der Waals surface area (Å²) >= 11 is 0. The summed E-state index contributed by atoms with van der Waals surface area (Å²) in [5, 5.41) is 0. The Labute approximate surface area is 161 Å². The Morgan fingerprint density at radius 2 is 1.85 bits per heavy atom. The van der Waals surface area contributed by atoms with E-state index in [1.54, 1.807) is 25.2 Å². The van der Waals surface area contributed by atoms with Crippen molar-refractivity contribution in [3.63, 3.8) is 0 Å². The van der Waals surface area contributed by atoms with Crippen LogP contribution in [0, 0.1) is 6.92 Å². The Hall–Kier alpha value is -1.89. The molecule has 0 aliphatic carbocycles. The third kappa shape index (κ3) is 3.61. The first-order valence-corrected chi connectivity index (χ1v) is 10.9. The summed E-state index contributed by atoms with van der Waals surface area (Å²) in [6.45, 7) is 4.74. The highest BCUT2D eigenvalue weighted by Gasteiger charge is 2.41. The topological polar surface area (TPSA) is 49.9 Å². The molecule has 5 nitrogen and oxygen atoms in total. The first kappa shape index (κ1) is 18.5. The van der Waals surface area contributed by atoms with Gasteiger partial charge in [0.1, 0.15) is 16.7 Å². The van der Waals surface area contributed by atoms with Gasteiger partial charge in [-0.15, -0.1) is 0 Å². The van der Waals surface area contributed by atoms with Gasteiger partial charge in [-0.2, -0.15) is 4.31 Å². The molecule has 0 spiro atoms. The minimum atomic E-state index is -3.54. The Morgan fingerprint density at radius 3 is 2.67 bits per heavy atom. The van der Waals surface area contributed by atoms with Crippen molar-refractivity contribution < 1.29 is 13.2 Å². The molecule has 2 aliphatic heterocycles. The van der Waals surface area contributed by atoms with E-state index >= 15 is 0 Å². The summed E-state index contributed by atoms with van der Waals surface area (Å²) in [7, 11) is -1.85. The van der Waals surface area contributed by atoms with Crippen LogP contribution in [0.4, 0.5) is 0 Å². The lowest BCUT2D eigenvalue weighted by molar-refractivity contribution is 0.122. The van der Waals surface area contributed by atoms with E-state index < -0.39 is 10.0 Å². The quantitative estimate of drug-likeness (QED) is 0.796. The van der Waals surface area contributed by atoms with Crippen molar-refractivity contribution >= 4 is 10.0 Å². The maximum atomic E-state index is 13.0. The molecule has 0 saturated carbocycles. The standard InChI is InChI=1S/C21H26N2O3S/c1-16-6-5-7-17(14-16)15-23-12-10-18-19(11-13-23)26-20-8-3-4-9-21(20)27(24,25)22(18)2/h3-9,14,18-19H,10-13,15H2,1-2H3/t18-,19-/m1/s1. The highest BCUT2D eigenvalue weighted by Crippen LogP contribution is 2.35. The maximum absolute atomic E-state index is 13.0. The van der Waals surface area contributed by atoms with Gasteiger partial charge >= 0.3 is 0 Å². The largest absolute Gasteiger partial charge is 0.487 e. The van der Waals surface area contributed by atoms with E-state index in [0.29, 0.717) is 5.75 Å².